The maximum atomic E-state index is 8.00. The van der Waals surface area contributed by atoms with Crippen LogP contribution in [0.2, 0.25) is 0 Å². The minimum Gasteiger partial charge on any atom is -0.493 e. The van der Waals surface area contributed by atoms with E-state index in [2.05, 4.69) is 26.0 Å². The monoisotopic (exact) mass is 241 g/mol. The van der Waals surface area contributed by atoms with Gasteiger partial charge in [-0.15, -0.1) is 0 Å². The van der Waals surface area contributed by atoms with Gasteiger partial charge in [0.15, 0.2) is 0 Å². The van der Waals surface area contributed by atoms with E-state index in [1.165, 1.54) is 0 Å². The minimum atomic E-state index is 0.354. The predicted molar refractivity (Wildman–Crippen MR) is 53.7 cm³/mol. The van der Waals surface area contributed by atoms with Gasteiger partial charge in [-0.05, 0) is 29.8 Å². The summed E-state index contributed by atoms with van der Waals surface area (Å²) >= 11 is 3.32. The molecule has 0 radical (unpaired) electrons. The Bertz CT molecular complexity index is 306. The van der Waals surface area contributed by atoms with Crippen molar-refractivity contribution in [3.8, 4) is 5.75 Å². The third-order valence-electron chi connectivity index (χ3n) is 1.34. The number of hydrogen-bond donors (Lipinski definition) is 0. The maximum absolute atomic E-state index is 8.00. The summed E-state index contributed by atoms with van der Waals surface area (Å²) in [5.74, 6) is 0.774. The van der Waals surface area contributed by atoms with Gasteiger partial charge in [0.2, 0.25) is 0 Å². The Morgan fingerprint density at radius 3 is 2.69 bits per heavy atom. The van der Waals surface area contributed by atoms with Crippen LogP contribution >= 0.6 is 15.9 Å². The quantitative estimate of drug-likeness (QED) is 0.346. The second-order valence-electron chi connectivity index (χ2n) is 2.26. The summed E-state index contributed by atoms with van der Waals surface area (Å²) in [7, 11) is 0. The Morgan fingerprint density at radius 2 is 2.08 bits per heavy atom. The molecular weight excluding hydrogens is 234 g/mol. The molecule has 68 valence electrons. The number of rotatable bonds is 4. The van der Waals surface area contributed by atoms with Crippen LogP contribution in [-0.4, -0.2) is 13.2 Å². The maximum Gasteiger partial charge on any atom is 0.119 e. The molecule has 5 heteroatoms. The molecule has 0 fully saturated rings. The van der Waals surface area contributed by atoms with Crippen molar-refractivity contribution in [2.75, 3.05) is 13.2 Å². The highest BCUT2D eigenvalue weighted by Gasteiger charge is 1.91. The van der Waals surface area contributed by atoms with E-state index in [1.807, 2.05) is 24.3 Å². The van der Waals surface area contributed by atoms with Crippen LogP contribution in [0.5, 0.6) is 5.75 Å². The van der Waals surface area contributed by atoms with Crippen molar-refractivity contribution in [3.05, 3.63) is 39.2 Å². The SMILES string of the molecule is [N-]=[N+]=NCCOc1ccc(Br)cc1. The number of ether oxygens (including phenoxy) is 1. The lowest BCUT2D eigenvalue weighted by atomic mass is 10.3. The van der Waals surface area contributed by atoms with Gasteiger partial charge in [0, 0.05) is 9.38 Å². The van der Waals surface area contributed by atoms with Crippen molar-refractivity contribution in [1.82, 2.24) is 0 Å². The first-order chi connectivity index (χ1) is 6.33. The van der Waals surface area contributed by atoms with Gasteiger partial charge in [-0.1, -0.05) is 21.0 Å². The van der Waals surface area contributed by atoms with E-state index in [4.69, 9.17) is 10.3 Å². The van der Waals surface area contributed by atoms with Crippen molar-refractivity contribution in [2.24, 2.45) is 5.11 Å². The van der Waals surface area contributed by atoms with Gasteiger partial charge < -0.3 is 4.74 Å². The molecule has 0 aliphatic rings. The molecule has 4 nitrogen and oxygen atoms in total. The average molecular weight is 242 g/mol. The van der Waals surface area contributed by atoms with E-state index in [0.29, 0.717) is 13.2 Å². The fraction of sp³-hybridized carbons (Fsp3) is 0.250. The fourth-order valence-corrected chi connectivity index (χ4v) is 1.04. The van der Waals surface area contributed by atoms with E-state index in [1.54, 1.807) is 0 Å². The lowest BCUT2D eigenvalue weighted by molar-refractivity contribution is 0.328. The zero-order valence-corrected chi connectivity index (χ0v) is 8.44. The van der Waals surface area contributed by atoms with Crippen molar-refractivity contribution in [3.63, 3.8) is 0 Å². The number of nitrogens with zero attached hydrogens (tertiary/aromatic N) is 3. The Labute approximate surface area is 84.3 Å². The van der Waals surface area contributed by atoms with Crippen LogP contribution in [0, 0.1) is 0 Å². The van der Waals surface area contributed by atoms with Gasteiger partial charge in [0.1, 0.15) is 5.75 Å². The number of azide groups is 1. The van der Waals surface area contributed by atoms with Gasteiger partial charge in [-0.2, -0.15) is 0 Å². The minimum absolute atomic E-state index is 0.354. The summed E-state index contributed by atoms with van der Waals surface area (Å²) in [6.07, 6.45) is 0. The summed E-state index contributed by atoms with van der Waals surface area (Å²) in [6, 6.07) is 7.48. The largest absolute Gasteiger partial charge is 0.493 e. The van der Waals surface area contributed by atoms with E-state index < -0.39 is 0 Å². The van der Waals surface area contributed by atoms with Crippen LogP contribution in [0.25, 0.3) is 10.4 Å². The van der Waals surface area contributed by atoms with Crippen molar-refractivity contribution in [1.29, 1.82) is 0 Å². The molecular formula is C8H8BrN3O. The lowest BCUT2D eigenvalue weighted by Crippen LogP contribution is -1.99. The van der Waals surface area contributed by atoms with Gasteiger partial charge in [0.05, 0.1) is 13.2 Å². The van der Waals surface area contributed by atoms with Crippen molar-refractivity contribution < 1.29 is 4.74 Å². The topological polar surface area (TPSA) is 58.0 Å². The lowest BCUT2D eigenvalue weighted by Gasteiger charge is -2.02. The molecule has 0 N–H and O–H groups in total. The normalized spacial score (nSPS) is 9.00. The summed E-state index contributed by atoms with van der Waals surface area (Å²) in [4.78, 5) is 2.62. The summed E-state index contributed by atoms with van der Waals surface area (Å²) in [6.45, 7) is 0.762. The molecule has 0 saturated carbocycles. The van der Waals surface area contributed by atoms with E-state index in [0.717, 1.165) is 10.2 Å². The molecule has 0 amide bonds. The average Bonchev–Trinajstić information content (AvgIpc) is 2.15. The van der Waals surface area contributed by atoms with Crippen LogP contribution < -0.4 is 4.74 Å². The molecule has 0 heterocycles. The molecule has 1 rings (SSSR count). The molecule has 0 atom stereocenters. The van der Waals surface area contributed by atoms with Gasteiger partial charge in [0.25, 0.3) is 0 Å². The van der Waals surface area contributed by atoms with E-state index >= 15 is 0 Å². The molecule has 0 aromatic heterocycles. The highest BCUT2D eigenvalue weighted by molar-refractivity contribution is 9.10. The van der Waals surface area contributed by atoms with Gasteiger partial charge in [-0.25, -0.2) is 0 Å². The van der Waals surface area contributed by atoms with Crippen LogP contribution in [0.1, 0.15) is 0 Å². The van der Waals surface area contributed by atoms with Gasteiger partial charge in [-0.3, -0.25) is 0 Å². The molecule has 0 spiro atoms. The standard InChI is InChI=1S/C8H8BrN3O/c9-7-1-3-8(4-2-7)13-6-5-11-12-10/h1-4H,5-6H2. The Balaban J connectivity index is 2.37. The van der Waals surface area contributed by atoms with Crippen molar-refractivity contribution >= 4 is 15.9 Å². The van der Waals surface area contributed by atoms with Crippen LogP contribution in [-0.2, 0) is 0 Å². The second-order valence-corrected chi connectivity index (χ2v) is 3.17. The second kappa shape index (κ2) is 5.45. The summed E-state index contributed by atoms with van der Waals surface area (Å²) in [5.41, 5.74) is 8.00. The third-order valence-corrected chi connectivity index (χ3v) is 1.87. The van der Waals surface area contributed by atoms with Crippen LogP contribution in [0.15, 0.2) is 33.9 Å². The van der Waals surface area contributed by atoms with E-state index in [-0.39, 0.29) is 0 Å². The van der Waals surface area contributed by atoms with Crippen LogP contribution in [0.3, 0.4) is 0 Å². The first-order valence-corrected chi connectivity index (χ1v) is 4.51. The first kappa shape index (κ1) is 9.89. The van der Waals surface area contributed by atoms with E-state index in [9.17, 15) is 0 Å². The molecule has 0 bridgehead atoms. The van der Waals surface area contributed by atoms with Crippen LogP contribution in [0.4, 0.5) is 0 Å². The molecule has 0 aliphatic carbocycles. The zero-order valence-electron chi connectivity index (χ0n) is 6.85. The number of hydrogen-bond acceptors (Lipinski definition) is 2. The number of benzene rings is 1. The zero-order chi connectivity index (χ0) is 9.52. The van der Waals surface area contributed by atoms with Crippen molar-refractivity contribution in [2.45, 2.75) is 0 Å². The molecule has 0 aliphatic heterocycles. The Kier molecular flexibility index (Phi) is 4.15. The Hall–Kier alpha value is -1.19. The number of halogens is 1. The molecule has 0 unspecified atom stereocenters. The molecule has 0 saturated heterocycles. The highest BCUT2D eigenvalue weighted by atomic mass is 79.9. The Morgan fingerprint density at radius 1 is 1.38 bits per heavy atom. The fourth-order valence-electron chi connectivity index (χ4n) is 0.780. The molecule has 13 heavy (non-hydrogen) atoms. The van der Waals surface area contributed by atoms with Gasteiger partial charge >= 0.3 is 0 Å². The smallest absolute Gasteiger partial charge is 0.119 e. The molecule has 1 aromatic carbocycles. The summed E-state index contributed by atoms with van der Waals surface area (Å²) in [5, 5.41) is 3.35. The predicted octanol–water partition coefficient (Wildman–Crippen LogP) is 3.14. The highest BCUT2D eigenvalue weighted by Crippen LogP contribution is 2.15. The third kappa shape index (κ3) is 3.83. The summed E-state index contributed by atoms with van der Waals surface area (Å²) < 4.78 is 6.29. The first-order valence-electron chi connectivity index (χ1n) is 3.72. The molecule has 1 aromatic rings.